The molecule has 5 N–H and O–H groups in total. The molecule has 0 fully saturated rings. The molecule has 0 bridgehead atoms. The SMILES string of the molecule is Cc1ccc(OCC(=O)N[C@@H](CCCNC(=N)N[N+](=O)[O-])C(=O)NCCC(C)C)cc1C. The van der Waals surface area contributed by atoms with E-state index in [0.29, 0.717) is 31.1 Å². The van der Waals surface area contributed by atoms with Crippen molar-refractivity contribution in [1.82, 2.24) is 21.4 Å². The van der Waals surface area contributed by atoms with E-state index in [0.717, 1.165) is 17.5 Å². The summed E-state index contributed by atoms with van der Waals surface area (Å²) in [5.41, 5.74) is 3.86. The number of ether oxygens (including phenoxy) is 1. The molecule has 0 unspecified atom stereocenters. The number of hydrogen-bond acceptors (Lipinski definition) is 6. The third kappa shape index (κ3) is 11.1. The van der Waals surface area contributed by atoms with Crippen molar-refractivity contribution in [1.29, 1.82) is 5.41 Å². The molecule has 0 saturated carbocycles. The van der Waals surface area contributed by atoms with Gasteiger partial charge in [-0.3, -0.25) is 15.0 Å². The Kier molecular flexibility index (Phi) is 11.5. The van der Waals surface area contributed by atoms with Crippen LogP contribution < -0.4 is 26.1 Å². The minimum absolute atomic E-state index is 0.227. The predicted molar refractivity (Wildman–Crippen MR) is 121 cm³/mol. The largest absolute Gasteiger partial charge is 0.484 e. The first-order chi connectivity index (χ1) is 15.1. The average molecular weight is 451 g/mol. The number of guanidine groups is 1. The van der Waals surface area contributed by atoms with Crippen LogP contribution in [0, 0.1) is 35.3 Å². The average Bonchev–Trinajstić information content (AvgIpc) is 2.70. The van der Waals surface area contributed by atoms with Crippen molar-refractivity contribution >= 4 is 17.8 Å². The maximum atomic E-state index is 12.6. The Morgan fingerprint density at radius 2 is 1.84 bits per heavy atom. The lowest BCUT2D eigenvalue weighted by Gasteiger charge is -2.19. The van der Waals surface area contributed by atoms with Crippen molar-refractivity contribution < 1.29 is 19.4 Å². The number of aryl methyl sites for hydroxylation is 2. The molecule has 0 radical (unpaired) electrons. The first kappa shape index (κ1) is 26.7. The van der Waals surface area contributed by atoms with Crippen LogP contribution in [0.2, 0.25) is 0 Å². The van der Waals surface area contributed by atoms with Gasteiger partial charge in [0, 0.05) is 13.1 Å². The molecule has 2 amide bonds. The molecule has 11 nitrogen and oxygen atoms in total. The van der Waals surface area contributed by atoms with Crippen molar-refractivity contribution in [2.45, 2.75) is 53.0 Å². The zero-order chi connectivity index (χ0) is 24.1. The molecule has 0 aliphatic heterocycles. The normalized spacial score (nSPS) is 11.4. The van der Waals surface area contributed by atoms with Crippen LogP contribution in [0.5, 0.6) is 5.75 Å². The van der Waals surface area contributed by atoms with Crippen molar-refractivity contribution in [2.24, 2.45) is 5.92 Å². The Morgan fingerprint density at radius 1 is 1.12 bits per heavy atom. The number of benzene rings is 1. The van der Waals surface area contributed by atoms with Crippen LogP contribution in [-0.4, -0.2) is 48.5 Å². The highest BCUT2D eigenvalue weighted by Crippen LogP contribution is 2.16. The lowest BCUT2D eigenvalue weighted by Crippen LogP contribution is -2.48. The van der Waals surface area contributed by atoms with Crippen molar-refractivity contribution in [3.8, 4) is 5.75 Å². The van der Waals surface area contributed by atoms with Gasteiger partial charge in [-0.25, -0.2) is 10.1 Å². The van der Waals surface area contributed by atoms with E-state index in [1.807, 2.05) is 26.0 Å². The summed E-state index contributed by atoms with van der Waals surface area (Å²) in [6.45, 7) is 8.53. The lowest BCUT2D eigenvalue weighted by molar-refractivity contribution is -0.525. The van der Waals surface area contributed by atoms with E-state index in [1.165, 1.54) is 0 Å². The van der Waals surface area contributed by atoms with Crippen molar-refractivity contribution in [2.75, 3.05) is 19.7 Å². The van der Waals surface area contributed by atoms with Gasteiger partial charge >= 0.3 is 0 Å². The molecular weight excluding hydrogens is 416 g/mol. The van der Waals surface area contributed by atoms with Crippen LogP contribution in [0.4, 0.5) is 0 Å². The smallest absolute Gasteiger partial charge is 0.258 e. The fraction of sp³-hybridized carbons (Fsp3) is 0.571. The molecule has 0 aliphatic carbocycles. The Morgan fingerprint density at radius 3 is 2.47 bits per heavy atom. The van der Waals surface area contributed by atoms with Gasteiger partial charge in [0.15, 0.2) is 11.6 Å². The Balaban J connectivity index is 2.58. The van der Waals surface area contributed by atoms with Crippen LogP contribution >= 0.6 is 0 Å². The highest BCUT2D eigenvalue weighted by molar-refractivity contribution is 5.88. The standard InChI is InChI=1S/C21H34N6O5/c1-14(2)9-11-23-20(29)18(6-5-10-24-21(22)26-27(30)31)25-19(28)13-32-17-8-7-15(3)16(4)12-17/h7-8,12,14,18H,5-6,9-11,13H2,1-4H3,(H,23,29)(H,25,28)(H3,22,24,26)/t18-/m0/s1. The second-order valence-corrected chi connectivity index (χ2v) is 7.94. The number of rotatable bonds is 13. The molecule has 32 heavy (non-hydrogen) atoms. The van der Waals surface area contributed by atoms with E-state index < -0.39 is 22.9 Å². The van der Waals surface area contributed by atoms with Crippen LogP contribution in [0.3, 0.4) is 0 Å². The summed E-state index contributed by atoms with van der Waals surface area (Å²) in [6, 6.07) is 4.76. The number of carbonyl (C=O) groups is 2. The van der Waals surface area contributed by atoms with E-state index in [1.54, 1.807) is 11.5 Å². The molecule has 0 aromatic heterocycles. The first-order valence-electron chi connectivity index (χ1n) is 10.6. The minimum Gasteiger partial charge on any atom is -0.484 e. The van der Waals surface area contributed by atoms with Gasteiger partial charge in [0.05, 0.1) is 0 Å². The summed E-state index contributed by atoms with van der Waals surface area (Å²) in [7, 11) is 0. The molecule has 0 saturated heterocycles. The fourth-order valence-electron chi connectivity index (χ4n) is 2.72. The zero-order valence-corrected chi connectivity index (χ0v) is 19.1. The molecule has 1 atom stereocenters. The van der Waals surface area contributed by atoms with E-state index >= 15 is 0 Å². The van der Waals surface area contributed by atoms with E-state index in [2.05, 4.69) is 29.8 Å². The summed E-state index contributed by atoms with van der Waals surface area (Å²) in [4.78, 5) is 35.2. The highest BCUT2D eigenvalue weighted by Gasteiger charge is 2.20. The third-order valence-corrected chi connectivity index (χ3v) is 4.70. The van der Waals surface area contributed by atoms with Gasteiger partial charge in [0.1, 0.15) is 11.8 Å². The van der Waals surface area contributed by atoms with Crippen molar-refractivity contribution in [3.63, 3.8) is 0 Å². The molecule has 1 rings (SSSR count). The van der Waals surface area contributed by atoms with Gasteiger partial charge in [0.2, 0.25) is 5.91 Å². The topological polar surface area (TPSA) is 158 Å². The van der Waals surface area contributed by atoms with Gasteiger partial charge in [-0.15, -0.1) is 0 Å². The van der Waals surface area contributed by atoms with E-state index in [9.17, 15) is 19.7 Å². The molecule has 11 heteroatoms. The third-order valence-electron chi connectivity index (χ3n) is 4.70. The molecule has 0 aliphatic rings. The summed E-state index contributed by atoms with van der Waals surface area (Å²) < 4.78 is 5.53. The second-order valence-electron chi connectivity index (χ2n) is 7.94. The molecule has 0 heterocycles. The molecular formula is C21H34N6O5. The number of nitro groups is 1. The monoisotopic (exact) mass is 450 g/mol. The zero-order valence-electron chi connectivity index (χ0n) is 19.1. The number of carbonyl (C=O) groups excluding carboxylic acids is 2. The number of nitrogens with one attached hydrogen (secondary N) is 5. The van der Waals surface area contributed by atoms with Gasteiger partial charge in [-0.05, 0) is 62.3 Å². The van der Waals surface area contributed by atoms with Crippen LogP contribution in [0.15, 0.2) is 18.2 Å². The summed E-state index contributed by atoms with van der Waals surface area (Å²) in [5, 5.41) is 24.9. The summed E-state index contributed by atoms with van der Waals surface area (Å²) in [6.07, 6.45) is 1.51. The van der Waals surface area contributed by atoms with Crippen LogP contribution in [0.1, 0.15) is 44.2 Å². The molecule has 178 valence electrons. The molecule has 1 aromatic rings. The molecule has 1 aromatic carbocycles. The van der Waals surface area contributed by atoms with Gasteiger partial charge in [-0.2, -0.15) is 0 Å². The summed E-state index contributed by atoms with van der Waals surface area (Å²) >= 11 is 0. The number of amides is 2. The number of hydrogen-bond donors (Lipinski definition) is 5. The van der Waals surface area contributed by atoms with Gasteiger partial charge in [0.25, 0.3) is 11.9 Å². The summed E-state index contributed by atoms with van der Waals surface area (Å²) in [5.74, 6) is -0.174. The van der Waals surface area contributed by atoms with Crippen LogP contribution in [0.25, 0.3) is 0 Å². The van der Waals surface area contributed by atoms with Gasteiger partial charge < -0.3 is 20.7 Å². The van der Waals surface area contributed by atoms with E-state index in [4.69, 9.17) is 10.1 Å². The fourth-order valence-corrected chi connectivity index (χ4v) is 2.72. The maximum absolute atomic E-state index is 12.6. The molecule has 0 spiro atoms. The Hall–Kier alpha value is -3.37. The second kappa shape index (κ2) is 13.8. The predicted octanol–water partition coefficient (Wildman–Crippen LogP) is 1.42. The first-order valence-corrected chi connectivity index (χ1v) is 10.6. The number of hydrazine groups is 1. The van der Waals surface area contributed by atoms with Gasteiger partial charge in [-0.1, -0.05) is 25.3 Å². The maximum Gasteiger partial charge on any atom is 0.258 e. The van der Waals surface area contributed by atoms with Crippen LogP contribution in [-0.2, 0) is 9.59 Å². The minimum atomic E-state index is -0.837. The van der Waals surface area contributed by atoms with Crippen molar-refractivity contribution in [3.05, 3.63) is 39.4 Å². The van der Waals surface area contributed by atoms with E-state index in [-0.39, 0.29) is 19.1 Å². The number of nitrogens with zero attached hydrogens (tertiary/aromatic N) is 1. The Labute approximate surface area is 188 Å². The lowest BCUT2D eigenvalue weighted by atomic mass is 10.1. The quantitative estimate of drug-likeness (QED) is 0.0999. The Bertz CT molecular complexity index is 799. The highest BCUT2D eigenvalue weighted by atomic mass is 16.7.